The summed E-state index contributed by atoms with van der Waals surface area (Å²) in [5.74, 6) is 0.872. The summed E-state index contributed by atoms with van der Waals surface area (Å²) in [6, 6.07) is 5.75. The Labute approximate surface area is 122 Å². The van der Waals surface area contributed by atoms with E-state index in [9.17, 15) is 0 Å². The van der Waals surface area contributed by atoms with Crippen LogP contribution >= 0.6 is 11.6 Å². The SMILES string of the molecule is Cc1ccc(Cl)cc1OCC(C)(C)CNC(C)(C)C. The number of nitrogens with one attached hydrogen (secondary N) is 1. The number of hydrogen-bond acceptors (Lipinski definition) is 2. The molecule has 0 saturated carbocycles. The van der Waals surface area contributed by atoms with Crippen LogP contribution in [-0.4, -0.2) is 18.7 Å². The van der Waals surface area contributed by atoms with Crippen LogP contribution in [0.1, 0.15) is 40.2 Å². The van der Waals surface area contributed by atoms with Crippen molar-refractivity contribution in [2.45, 2.75) is 47.1 Å². The van der Waals surface area contributed by atoms with Gasteiger partial charge in [0.05, 0.1) is 6.61 Å². The van der Waals surface area contributed by atoms with Gasteiger partial charge in [-0.3, -0.25) is 0 Å². The molecule has 0 saturated heterocycles. The Balaban J connectivity index is 2.57. The first-order valence-electron chi connectivity index (χ1n) is 6.73. The van der Waals surface area contributed by atoms with E-state index in [0.29, 0.717) is 11.6 Å². The molecule has 108 valence electrons. The van der Waals surface area contributed by atoms with Gasteiger partial charge in [0.1, 0.15) is 5.75 Å². The van der Waals surface area contributed by atoms with Crippen LogP contribution in [0.4, 0.5) is 0 Å². The highest BCUT2D eigenvalue weighted by molar-refractivity contribution is 6.30. The van der Waals surface area contributed by atoms with Gasteiger partial charge >= 0.3 is 0 Å². The molecule has 19 heavy (non-hydrogen) atoms. The number of hydrogen-bond donors (Lipinski definition) is 1. The monoisotopic (exact) mass is 283 g/mol. The molecule has 2 nitrogen and oxygen atoms in total. The average molecular weight is 284 g/mol. The van der Waals surface area contributed by atoms with Crippen molar-refractivity contribution in [2.24, 2.45) is 5.41 Å². The predicted octanol–water partition coefficient (Wildman–Crippen LogP) is 4.44. The molecule has 1 aromatic rings. The van der Waals surface area contributed by atoms with E-state index in [2.05, 4.69) is 39.9 Å². The van der Waals surface area contributed by atoms with Gasteiger partial charge in [0.25, 0.3) is 0 Å². The minimum absolute atomic E-state index is 0.0715. The zero-order valence-corrected chi connectivity index (χ0v) is 13.7. The van der Waals surface area contributed by atoms with E-state index in [0.717, 1.165) is 17.9 Å². The normalized spacial score (nSPS) is 12.6. The maximum Gasteiger partial charge on any atom is 0.123 e. The van der Waals surface area contributed by atoms with E-state index in [1.807, 2.05) is 25.1 Å². The largest absolute Gasteiger partial charge is 0.493 e. The van der Waals surface area contributed by atoms with Gasteiger partial charge in [-0.05, 0) is 45.4 Å². The molecule has 0 aliphatic carbocycles. The van der Waals surface area contributed by atoms with E-state index in [1.54, 1.807) is 0 Å². The van der Waals surface area contributed by atoms with Crippen LogP contribution in [0.5, 0.6) is 5.75 Å². The van der Waals surface area contributed by atoms with Gasteiger partial charge < -0.3 is 10.1 Å². The smallest absolute Gasteiger partial charge is 0.123 e. The first kappa shape index (κ1) is 16.3. The molecule has 0 unspecified atom stereocenters. The Morgan fingerprint density at radius 1 is 1.16 bits per heavy atom. The highest BCUT2D eigenvalue weighted by atomic mass is 35.5. The van der Waals surface area contributed by atoms with E-state index < -0.39 is 0 Å². The summed E-state index contributed by atoms with van der Waals surface area (Å²) in [6.07, 6.45) is 0. The quantitative estimate of drug-likeness (QED) is 0.862. The third-order valence-corrected chi connectivity index (χ3v) is 3.10. The molecule has 3 heteroatoms. The third kappa shape index (κ3) is 6.31. The van der Waals surface area contributed by atoms with Crippen LogP contribution in [0.15, 0.2) is 18.2 Å². The van der Waals surface area contributed by atoms with Crippen molar-refractivity contribution in [1.82, 2.24) is 5.32 Å². The molecule has 0 aliphatic rings. The van der Waals surface area contributed by atoms with Gasteiger partial charge in [-0.1, -0.05) is 31.5 Å². The molecule has 0 radical (unpaired) electrons. The maximum absolute atomic E-state index is 6.00. The van der Waals surface area contributed by atoms with Gasteiger partial charge in [-0.15, -0.1) is 0 Å². The molecular formula is C16H26ClNO. The molecule has 0 amide bonds. The Bertz CT molecular complexity index is 421. The zero-order valence-electron chi connectivity index (χ0n) is 12.9. The molecule has 0 bridgehead atoms. The predicted molar refractivity (Wildman–Crippen MR) is 83.2 cm³/mol. The fourth-order valence-electron chi connectivity index (χ4n) is 1.56. The van der Waals surface area contributed by atoms with Crippen LogP contribution in [0, 0.1) is 12.3 Å². The first-order chi connectivity index (χ1) is 8.59. The standard InChI is InChI=1S/C16H26ClNO/c1-12-7-8-13(17)9-14(12)19-11-16(5,6)10-18-15(2,3)4/h7-9,18H,10-11H2,1-6H3. The Morgan fingerprint density at radius 3 is 2.37 bits per heavy atom. The lowest BCUT2D eigenvalue weighted by Crippen LogP contribution is -2.43. The minimum Gasteiger partial charge on any atom is -0.493 e. The van der Waals surface area contributed by atoms with Crippen LogP contribution in [0.3, 0.4) is 0 Å². The highest BCUT2D eigenvalue weighted by Crippen LogP contribution is 2.25. The van der Waals surface area contributed by atoms with E-state index in [-0.39, 0.29) is 11.0 Å². The van der Waals surface area contributed by atoms with Gasteiger partial charge in [-0.25, -0.2) is 0 Å². The highest BCUT2D eigenvalue weighted by Gasteiger charge is 2.22. The summed E-state index contributed by atoms with van der Waals surface area (Å²) in [7, 11) is 0. The van der Waals surface area contributed by atoms with Gasteiger partial charge in [-0.2, -0.15) is 0 Å². The van der Waals surface area contributed by atoms with E-state index >= 15 is 0 Å². The molecule has 0 aromatic heterocycles. The number of ether oxygens (including phenoxy) is 1. The van der Waals surface area contributed by atoms with Crippen molar-refractivity contribution in [3.8, 4) is 5.75 Å². The van der Waals surface area contributed by atoms with Crippen molar-refractivity contribution in [3.63, 3.8) is 0 Å². The summed E-state index contributed by atoms with van der Waals surface area (Å²) in [5.41, 5.74) is 1.31. The topological polar surface area (TPSA) is 21.3 Å². The van der Waals surface area contributed by atoms with Crippen molar-refractivity contribution in [2.75, 3.05) is 13.2 Å². The molecule has 1 aromatic carbocycles. The van der Waals surface area contributed by atoms with Crippen molar-refractivity contribution in [3.05, 3.63) is 28.8 Å². The molecule has 0 spiro atoms. The number of halogens is 1. The average Bonchev–Trinajstić information content (AvgIpc) is 2.27. The molecule has 0 atom stereocenters. The summed E-state index contributed by atoms with van der Waals surface area (Å²) < 4.78 is 5.92. The number of benzene rings is 1. The fourth-order valence-corrected chi connectivity index (χ4v) is 1.72. The van der Waals surface area contributed by atoms with Crippen molar-refractivity contribution in [1.29, 1.82) is 0 Å². The fraction of sp³-hybridized carbons (Fsp3) is 0.625. The third-order valence-electron chi connectivity index (χ3n) is 2.87. The molecule has 1 rings (SSSR count). The molecule has 1 N–H and O–H groups in total. The Morgan fingerprint density at radius 2 is 1.79 bits per heavy atom. The van der Waals surface area contributed by atoms with Crippen LogP contribution in [0.25, 0.3) is 0 Å². The summed E-state index contributed by atoms with van der Waals surface area (Å²) in [4.78, 5) is 0. The van der Waals surface area contributed by atoms with Gasteiger partial charge in [0, 0.05) is 22.5 Å². The zero-order chi connectivity index (χ0) is 14.7. The second-order valence-electron chi connectivity index (χ2n) is 6.97. The lowest BCUT2D eigenvalue weighted by molar-refractivity contribution is 0.165. The minimum atomic E-state index is 0.0715. The molecule has 0 fully saturated rings. The van der Waals surface area contributed by atoms with Crippen molar-refractivity contribution < 1.29 is 4.74 Å². The van der Waals surface area contributed by atoms with Gasteiger partial charge in [0.2, 0.25) is 0 Å². The lowest BCUT2D eigenvalue weighted by Gasteiger charge is -2.30. The molecule has 0 aliphatic heterocycles. The van der Waals surface area contributed by atoms with Crippen LogP contribution in [-0.2, 0) is 0 Å². The summed E-state index contributed by atoms with van der Waals surface area (Å²) >= 11 is 6.00. The van der Waals surface area contributed by atoms with Crippen molar-refractivity contribution >= 4 is 11.6 Å². The van der Waals surface area contributed by atoms with Crippen LogP contribution in [0.2, 0.25) is 5.02 Å². The summed E-state index contributed by atoms with van der Waals surface area (Å²) in [6.45, 7) is 14.5. The molecular weight excluding hydrogens is 258 g/mol. The van der Waals surface area contributed by atoms with E-state index in [1.165, 1.54) is 0 Å². The molecule has 0 heterocycles. The maximum atomic E-state index is 6.00. The lowest BCUT2D eigenvalue weighted by atomic mass is 9.93. The first-order valence-corrected chi connectivity index (χ1v) is 7.11. The van der Waals surface area contributed by atoms with E-state index in [4.69, 9.17) is 16.3 Å². The Hall–Kier alpha value is -0.730. The second kappa shape index (κ2) is 6.15. The van der Waals surface area contributed by atoms with Crippen LogP contribution < -0.4 is 10.1 Å². The summed E-state index contributed by atoms with van der Waals surface area (Å²) in [5, 5.41) is 4.23. The van der Waals surface area contributed by atoms with Gasteiger partial charge in [0.15, 0.2) is 0 Å². The Kier molecular flexibility index (Phi) is 5.28. The number of aryl methyl sites for hydroxylation is 1. The second-order valence-corrected chi connectivity index (χ2v) is 7.40. The number of rotatable bonds is 5.